The van der Waals surface area contributed by atoms with E-state index >= 15 is 0 Å². The average molecular weight is 557 g/mol. The Morgan fingerprint density at radius 2 is 1.93 bits per heavy atom. The second-order valence-electron chi connectivity index (χ2n) is 9.81. The monoisotopic (exact) mass is 556 g/mol. The molecule has 0 radical (unpaired) electrons. The summed E-state index contributed by atoms with van der Waals surface area (Å²) >= 11 is 0. The summed E-state index contributed by atoms with van der Waals surface area (Å²) in [6.45, 7) is -0.116. The summed E-state index contributed by atoms with van der Waals surface area (Å²) in [6.07, 6.45) is 6.41. The minimum absolute atomic E-state index is 0.0742. The molecule has 0 saturated heterocycles. The van der Waals surface area contributed by atoms with Crippen LogP contribution in [0.1, 0.15) is 65.3 Å². The van der Waals surface area contributed by atoms with Crippen LogP contribution in [-0.2, 0) is 6.61 Å². The number of carboxylic acid groups (broad SMARTS) is 1. The molecule has 11 nitrogen and oxygen atoms in total. The highest BCUT2D eigenvalue weighted by Crippen LogP contribution is 2.39. The van der Waals surface area contributed by atoms with Gasteiger partial charge in [-0.15, -0.1) is 0 Å². The molecule has 1 aliphatic rings. The number of aromatic nitrogens is 2. The molecule has 0 aliphatic heterocycles. The molecule has 5 rings (SSSR count). The maximum absolute atomic E-state index is 13.5. The first-order valence-corrected chi connectivity index (χ1v) is 13.2. The van der Waals surface area contributed by atoms with Gasteiger partial charge < -0.3 is 14.6 Å². The highest BCUT2D eigenvalue weighted by atomic mass is 16.6. The van der Waals surface area contributed by atoms with Crippen LogP contribution >= 0.6 is 0 Å². The van der Waals surface area contributed by atoms with E-state index in [0.717, 1.165) is 32.1 Å². The smallest absolute Gasteiger partial charge is 0.335 e. The fraction of sp³-hybridized carbons (Fsp3) is 0.267. The number of methoxy groups -OCH3 is 1. The molecule has 0 amide bonds. The Balaban J connectivity index is 1.52. The summed E-state index contributed by atoms with van der Waals surface area (Å²) < 4.78 is 12.5. The molecular formula is C30H28N4O7. The largest absolute Gasteiger partial charge is 0.493 e. The lowest BCUT2D eigenvalue weighted by Crippen LogP contribution is -2.25. The van der Waals surface area contributed by atoms with Crippen molar-refractivity contribution in [3.63, 3.8) is 0 Å². The van der Waals surface area contributed by atoms with Crippen molar-refractivity contribution in [1.29, 1.82) is 0 Å². The van der Waals surface area contributed by atoms with E-state index in [0.29, 0.717) is 27.9 Å². The number of ether oxygens (including phenoxy) is 2. The molecule has 3 aromatic carbocycles. The normalized spacial score (nSPS) is 13.9. The second-order valence-corrected chi connectivity index (χ2v) is 9.81. The predicted octanol–water partition coefficient (Wildman–Crippen LogP) is 5.52. The zero-order chi connectivity index (χ0) is 28.9. The molecule has 210 valence electrons. The van der Waals surface area contributed by atoms with Crippen molar-refractivity contribution >= 4 is 28.8 Å². The summed E-state index contributed by atoms with van der Waals surface area (Å²) in [6, 6.07) is 16.0. The number of rotatable bonds is 9. The molecular weight excluding hydrogens is 528 g/mol. The van der Waals surface area contributed by atoms with E-state index < -0.39 is 10.9 Å². The number of nitro benzene ring substituents is 1. The SMILES string of the molecule is COc1cc(C=Nn2c(C3CCCCC3)nc3ccccc3c2=O)cc([N+](=O)[O-])c1OCc1cccc(C(=O)O)c1. The quantitative estimate of drug-likeness (QED) is 0.161. The number of aromatic carboxylic acids is 1. The maximum atomic E-state index is 13.5. The Hall–Kier alpha value is -5.06. The van der Waals surface area contributed by atoms with Crippen molar-refractivity contribution in [3.8, 4) is 11.5 Å². The minimum atomic E-state index is -1.09. The van der Waals surface area contributed by atoms with E-state index in [1.54, 1.807) is 24.3 Å². The van der Waals surface area contributed by atoms with Crippen molar-refractivity contribution in [2.75, 3.05) is 7.11 Å². The second kappa shape index (κ2) is 12.0. The highest BCUT2D eigenvalue weighted by molar-refractivity contribution is 5.87. The third-order valence-electron chi connectivity index (χ3n) is 7.10. The van der Waals surface area contributed by atoms with Gasteiger partial charge in [0.25, 0.3) is 5.56 Å². The summed E-state index contributed by atoms with van der Waals surface area (Å²) in [4.78, 5) is 41.0. The van der Waals surface area contributed by atoms with E-state index in [4.69, 9.17) is 14.5 Å². The Labute approximate surface area is 234 Å². The van der Waals surface area contributed by atoms with Crippen LogP contribution < -0.4 is 15.0 Å². The van der Waals surface area contributed by atoms with Crippen molar-refractivity contribution in [2.24, 2.45) is 5.10 Å². The fourth-order valence-corrected chi connectivity index (χ4v) is 5.07. The fourth-order valence-electron chi connectivity index (χ4n) is 5.07. The third-order valence-corrected chi connectivity index (χ3v) is 7.10. The topological polar surface area (TPSA) is 146 Å². The van der Waals surface area contributed by atoms with Crippen LogP contribution in [0.15, 0.2) is 70.6 Å². The molecule has 1 aromatic heterocycles. The number of hydrogen-bond donors (Lipinski definition) is 1. The Bertz CT molecular complexity index is 1710. The number of carboxylic acids is 1. The molecule has 1 fully saturated rings. The van der Waals surface area contributed by atoms with Crippen LogP contribution in [0.25, 0.3) is 10.9 Å². The highest BCUT2D eigenvalue weighted by Gasteiger charge is 2.24. The molecule has 1 N–H and O–H groups in total. The summed E-state index contributed by atoms with van der Waals surface area (Å²) in [5.74, 6) is -0.451. The van der Waals surface area contributed by atoms with Crippen LogP contribution in [0.4, 0.5) is 5.69 Å². The first-order valence-electron chi connectivity index (χ1n) is 13.2. The third kappa shape index (κ3) is 5.93. The molecule has 41 heavy (non-hydrogen) atoms. The van der Waals surface area contributed by atoms with Gasteiger partial charge in [0.1, 0.15) is 12.4 Å². The average Bonchev–Trinajstić information content (AvgIpc) is 2.99. The van der Waals surface area contributed by atoms with E-state index in [2.05, 4.69) is 5.10 Å². The van der Waals surface area contributed by atoms with Gasteiger partial charge in [-0.2, -0.15) is 9.78 Å². The lowest BCUT2D eigenvalue weighted by Gasteiger charge is -2.22. The van der Waals surface area contributed by atoms with Crippen LogP contribution in [-0.4, -0.2) is 39.0 Å². The van der Waals surface area contributed by atoms with Gasteiger partial charge in [0.15, 0.2) is 5.75 Å². The van der Waals surface area contributed by atoms with Gasteiger partial charge in [-0.3, -0.25) is 14.9 Å². The number of benzene rings is 3. The number of fused-ring (bicyclic) bond motifs is 1. The van der Waals surface area contributed by atoms with Gasteiger partial charge >= 0.3 is 11.7 Å². The van der Waals surface area contributed by atoms with Crippen LogP contribution in [0.5, 0.6) is 11.5 Å². The molecule has 4 aromatic rings. The van der Waals surface area contributed by atoms with E-state index in [1.165, 1.54) is 42.3 Å². The molecule has 0 atom stereocenters. The van der Waals surface area contributed by atoms with Crippen molar-refractivity contribution in [2.45, 2.75) is 44.6 Å². The molecule has 0 bridgehead atoms. The zero-order valence-electron chi connectivity index (χ0n) is 22.4. The van der Waals surface area contributed by atoms with Crippen LogP contribution in [0.3, 0.4) is 0 Å². The molecule has 1 saturated carbocycles. The Morgan fingerprint density at radius 1 is 1.15 bits per heavy atom. The van der Waals surface area contributed by atoms with E-state index in [-0.39, 0.29) is 40.8 Å². The summed E-state index contributed by atoms with van der Waals surface area (Å²) in [5, 5.41) is 26.1. The molecule has 11 heteroatoms. The lowest BCUT2D eigenvalue weighted by atomic mass is 9.88. The molecule has 1 heterocycles. The predicted molar refractivity (Wildman–Crippen MR) is 152 cm³/mol. The minimum Gasteiger partial charge on any atom is -0.493 e. The standard InChI is InChI=1S/C30H28N4O7/c1-40-26-16-20(15-25(34(38)39)27(26)41-18-19-8-7-11-22(14-19)30(36)37)17-31-33-28(21-9-3-2-4-10-21)32-24-13-6-5-12-23(24)29(33)35/h5-8,11-17,21H,2-4,9-10,18H2,1H3,(H,36,37). The van der Waals surface area contributed by atoms with E-state index in [9.17, 15) is 24.8 Å². The first-order chi connectivity index (χ1) is 19.9. The van der Waals surface area contributed by atoms with Gasteiger partial charge in [-0.25, -0.2) is 9.78 Å². The van der Waals surface area contributed by atoms with Crippen LogP contribution in [0.2, 0.25) is 0 Å². The zero-order valence-corrected chi connectivity index (χ0v) is 22.4. The number of hydrogen-bond acceptors (Lipinski definition) is 8. The lowest BCUT2D eigenvalue weighted by molar-refractivity contribution is -0.386. The van der Waals surface area contributed by atoms with Gasteiger partial charge in [-0.1, -0.05) is 43.5 Å². The van der Waals surface area contributed by atoms with Gasteiger partial charge in [0, 0.05) is 17.5 Å². The number of carbonyl (C=O) groups is 1. The number of nitrogens with zero attached hydrogens (tertiary/aromatic N) is 4. The first kappa shape index (κ1) is 27.5. The van der Waals surface area contributed by atoms with Gasteiger partial charge in [0.2, 0.25) is 5.75 Å². The van der Waals surface area contributed by atoms with Crippen LogP contribution in [0, 0.1) is 10.1 Å². The van der Waals surface area contributed by atoms with Crippen molar-refractivity contribution < 1.29 is 24.3 Å². The Morgan fingerprint density at radius 3 is 2.66 bits per heavy atom. The summed E-state index contributed by atoms with van der Waals surface area (Å²) in [5.41, 5.74) is 0.852. The van der Waals surface area contributed by atoms with Gasteiger partial charge in [0.05, 0.1) is 34.7 Å². The van der Waals surface area contributed by atoms with Gasteiger partial charge in [-0.05, 0) is 48.7 Å². The van der Waals surface area contributed by atoms with Crippen molar-refractivity contribution in [1.82, 2.24) is 9.66 Å². The molecule has 1 aliphatic carbocycles. The number of nitro groups is 1. The van der Waals surface area contributed by atoms with Crippen molar-refractivity contribution in [3.05, 3.63) is 104 Å². The van der Waals surface area contributed by atoms with E-state index in [1.807, 2.05) is 12.1 Å². The maximum Gasteiger partial charge on any atom is 0.335 e. The summed E-state index contributed by atoms with van der Waals surface area (Å²) in [7, 11) is 1.36. The number of para-hydroxylation sites is 1. The molecule has 0 unspecified atom stereocenters. The molecule has 0 spiro atoms. The Kier molecular flexibility index (Phi) is 8.04.